The van der Waals surface area contributed by atoms with Crippen LogP contribution < -0.4 is 10.4 Å². The monoisotopic (exact) mass is 336 g/mol. The van der Waals surface area contributed by atoms with E-state index in [0.29, 0.717) is 5.39 Å². The van der Waals surface area contributed by atoms with Gasteiger partial charge in [-0.1, -0.05) is 12.1 Å². The lowest BCUT2D eigenvalue weighted by Crippen LogP contribution is -2.63. The summed E-state index contributed by atoms with van der Waals surface area (Å²) in [5, 5.41) is 21.2. The smallest absolute Gasteiger partial charge is 0.336 e. The molecule has 2 aromatic rings. The van der Waals surface area contributed by atoms with E-state index in [1.54, 1.807) is 38.1 Å². The van der Waals surface area contributed by atoms with Crippen LogP contribution in [0, 0.1) is 0 Å². The van der Waals surface area contributed by atoms with Gasteiger partial charge in [0.25, 0.3) is 0 Å². The van der Waals surface area contributed by atoms with Gasteiger partial charge < -0.3 is 28.8 Å². The molecule has 0 bridgehead atoms. The zero-order valence-corrected chi connectivity index (χ0v) is 13.6. The Morgan fingerprint density at radius 1 is 1.12 bits per heavy atom. The van der Waals surface area contributed by atoms with Crippen LogP contribution in [0.1, 0.15) is 13.8 Å². The molecular weight excluding hydrogens is 316 g/mol. The number of rotatable bonds is 3. The summed E-state index contributed by atoms with van der Waals surface area (Å²) < 4.78 is 21.9. The van der Waals surface area contributed by atoms with Crippen LogP contribution in [0.4, 0.5) is 0 Å². The molecule has 0 amide bonds. The van der Waals surface area contributed by atoms with Gasteiger partial charge in [-0.2, -0.15) is 0 Å². The molecule has 2 heterocycles. The van der Waals surface area contributed by atoms with Crippen molar-refractivity contribution in [1.82, 2.24) is 0 Å². The van der Waals surface area contributed by atoms with E-state index in [-0.39, 0.29) is 11.3 Å². The Hall–Kier alpha value is -1.93. The Morgan fingerprint density at radius 2 is 1.88 bits per heavy atom. The van der Waals surface area contributed by atoms with Crippen LogP contribution in [-0.4, -0.2) is 47.5 Å². The van der Waals surface area contributed by atoms with E-state index in [9.17, 15) is 15.0 Å². The first-order valence-electron chi connectivity index (χ1n) is 7.60. The largest absolute Gasteiger partial charge is 0.458 e. The Morgan fingerprint density at radius 3 is 2.58 bits per heavy atom. The maximum absolute atomic E-state index is 11.5. The highest BCUT2D eigenvalue weighted by atomic mass is 16.7. The molecule has 7 nitrogen and oxygen atoms in total. The fourth-order valence-electron chi connectivity index (χ4n) is 2.99. The molecule has 4 atom stereocenters. The van der Waals surface area contributed by atoms with Crippen molar-refractivity contribution in [2.45, 2.75) is 44.1 Å². The van der Waals surface area contributed by atoms with E-state index in [0.717, 1.165) is 0 Å². The first-order valence-corrected chi connectivity index (χ1v) is 7.60. The SMILES string of the molecule is COC1[C@H](O)[C@H](O)C(Oc2cccc3ccc(=O)oc23)OC1(C)C. The maximum Gasteiger partial charge on any atom is 0.336 e. The number of ether oxygens (including phenoxy) is 3. The molecule has 1 saturated heterocycles. The molecule has 1 aliphatic heterocycles. The minimum atomic E-state index is -1.33. The summed E-state index contributed by atoms with van der Waals surface area (Å²) in [6.07, 6.45) is -4.37. The van der Waals surface area contributed by atoms with Gasteiger partial charge in [-0.15, -0.1) is 0 Å². The van der Waals surface area contributed by atoms with Gasteiger partial charge in [0.05, 0.1) is 5.60 Å². The lowest BCUT2D eigenvalue weighted by Gasteiger charge is -2.46. The molecule has 1 aromatic carbocycles. The highest BCUT2D eigenvalue weighted by Crippen LogP contribution is 2.34. The topological polar surface area (TPSA) is 98.4 Å². The molecule has 0 radical (unpaired) electrons. The molecular formula is C17H20O7. The molecule has 7 heteroatoms. The number of aliphatic hydroxyl groups is 2. The lowest BCUT2D eigenvalue weighted by atomic mass is 9.89. The van der Waals surface area contributed by atoms with Crippen molar-refractivity contribution in [2.24, 2.45) is 0 Å². The normalized spacial score (nSPS) is 29.5. The molecule has 1 aliphatic rings. The average Bonchev–Trinajstić information content (AvgIpc) is 2.53. The zero-order chi connectivity index (χ0) is 17.5. The molecule has 1 aromatic heterocycles. The average molecular weight is 336 g/mol. The summed E-state index contributed by atoms with van der Waals surface area (Å²) in [6.45, 7) is 3.46. The molecule has 24 heavy (non-hydrogen) atoms. The Labute approximate surface area is 138 Å². The van der Waals surface area contributed by atoms with Crippen molar-refractivity contribution >= 4 is 11.0 Å². The second-order valence-corrected chi connectivity index (χ2v) is 6.27. The molecule has 1 fully saturated rings. The minimum absolute atomic E-state index is 0.244. The van der Waals surface area contributed by atoms with E-state index in [1.807, 2.05) is 0 Å². The van der Waals surface area contributed by atoms with Crippen LogP contribution in [0.2, 0.25) is 0 Å². The number of para-hydroxylation sites is 1. The first-order chi connectivity index (χ1) is 11.3. The Balaban J connectivity index is 1.94. The number of hydrogen-bond acceptors (Lipinski definition) is 7. The van der Waals surface area contributed by atoms with Gasteiger partial charge >= 0.3 is 5.63 Å². The second kappa shape index (κ2) is 6.18. The summed E-state index contributed by atoms with van der Waals surface area (Å²) in [5.74, 6) is 0.244. The molecule has 0 aliphatic carbocycles. The quantitative estimate of drug-likeness (QED) is 0.808. The van der Waals surface area contributed by atoms with Crippen LogP contribution in [0.25, 0.3) is 11.0 Å². The number of fused-ring (bicyclic) bond motifs is 1. The fourth-order valence-corrected chi connectivity index (χ4v) is 2.99. The zero-order valence-electron chi connectivity index (χ0n) is 13.6. The summed E-state index contributed by atoms with van der Waals surface area (Å²) in [4.78, 5) is 11.5. The van der Waals surface area contributed by atoms with Crippen LogP contribution in [-0.2, 0) is 9.47 Å². The van der Waals surface area contributed by atoms with Gasteiger partial charge in [0.2, 0.25) is 6.29 Å². The van der Waals surface area contributed by atoms with Crippen molar-refractivity contribution in [3.05, 3.63) is 40.8 Å². The molecule has 3 rings (SSSR count). The van der Waals surface area contributed by atoms with Gasteiger partial charge in [0.15, 0.2) is 11.3 Å². The van der Waals surface area contributed by atoms with Crippen molar-refractivity contribution in [2.75, 3.05) is 7.11 Å². The lowest BCUT2D eigenvalue weighted by molar-refractivity contribution is -0.305. The van der Waals surface area contributed by atoms with E-state index in [4.69, 9.17) is 18.6 Å². The predicted octanol–water partition coefficient (Wildman–Crippen LogP) is 1.04. The third kappa shape index (κ3) is 2.91. The summed E-state index contributed by atoms with van der Waals surface area (Å²) in [6, 6.07) is 8.03. The van der Waals surface area contributed by atoms with E-state index in [1.165, 1.54) is 13.2 Å². The van der Waals surface area contributed by atoms with Crippen molar-refractivity contribution < 1.29 is 28.8 Å². The summed E-state index contributed by atoms with van der Waals surface area (Å²) in [7, 11) is 1.44. The summed E-state index contributed by atoms with van der Waals surface area (Å²) in [5.41, 5.74) is -1.14. The van der Waals surface area contributed by atoms with Crippen molar-refractivity contribution in [3.8, 4) is 5.75 Å². The Kier molecular flexibility index (Phi) is 4.35. The summed E-state index contributed by atoms with van der Waals surface area (Å²) >= 11 is 0. The van der Waals surface area contributed by atoms with E-state index in [2.05, 4.69) is 0 Å². The third-order valence-electron chi connectivity index (χ3n) is 4.15. The van der Waals surface area contributed by atoms with Crippen molar-refractivity contribution in [1.29, 1.82) is 0 Å². The Bertz CT molecular complexity index is 782. The van der Waals surface area contributed by atoms with Gasteiger partial charge in [-0.3, -0.25) is 0 Å². The van der Waals surface area contributed by atoms with Gasteiger partial charge in [-0.05, 0) is 26.0 Å². The third-order valence-corrected chi connectivity index (χ3v) is 4.15. The number of methoxy groups -OCH3 is 1. The predicted molar refractivity (Wildman–Crippen MR) is 84.9 cm³/mol. The molecule has 130 valence electrons. The fraction of sp³-hybridized carbons (Fsp3) is 0.471. The van der Waals surface area contributed by atoms with Crippen LogP contribution in [0.5, 0.6) is 5.75 Å². The van der Waals surface area contributed by atoms with Crippen LogP contribution in [0.15, 0.2) is 39.5 Å². The highest BCUT2D eigenvalue weighted by Gasteiger charge is 2.50. The number of aliphatic hydroxyl groups excluding tert-OH is 2. The van der Waals surface area contributed by atoms with Gasteiger partial charge in [0, 0.05) is 18.6 Å². The molecule has 2 N–H and O–H groups in total. The first kappa shape index (κ1) is 16.9. The maximum atomic E-state index is 11.5. The van der Waals surface area contributed by atoms with Gasteiger partial charge in [0.1, 0.15) is 18.3 Å². The van der Waals surface area contributed by atoms with Crippen LogP contribution in [0.3, 0.4) is 0 Å². The van der Waals surface area contributed by atoms with Crippen molar-refractivity contribution in [3.63, 3.8) is 0 Å². The van der Waals surface area contributed by atoms with Crippen LogP contribution >= 0.6 is 0 Å². The number of benzene rings is 1. The van der Waals surface area contributed by atoms with E-state index >= 15 is 0 Å². The second-order valence-electron chi connectivity index (χ2n) is 6.27. The highest BCUT2D eigenvalue weighted by molar-refractivity contribution is 5.82. The minimum Gasteiger partial charge on any atom is -0.458 e. The van der Waals surface area contributed by atoms with E-state index < -0.39 is 35.8 Å². The molecule has 0 saturated carbocycles. The standard InChI is InChI=1S/C17H20O7/c1-17(2)15(21-3)12(19)13(20)16(24-17)22-10-6-4-5-9-7-8-11(18)23-14(9)10/h4-8,12-13,15-16,19-20H,1-3H3/t12-,13+,15?,16?/m1/s1. The molecule has 0 spiro atoms. The van der Waals surface area contributed by atoms with Gasteiger partial charge in [-0.25, -0.2) is 4.79 Å². The number of hydrogen-bond donors (Lipinski definition) is 2. The molecule has 2 unspecified atom stereocenters.